The molecule has 0 aliphatic rings. The molecule has 0 amide bonds. The van der Waals surface area contributed by atoms with Gasteiger partial charge in [0.05, 0.1) is 4.90 Å². The Kier molecular flexibility index (Phi) is 4.90. The van der Waals surface area contributed by atoms with Gasteiger partial charge >= 0.3 is 0 Å². The summed E-state index contributed by atoms with van der Waals surface area (Å²) in [4.78, 5) is 0.144. The number of hydrogen-bond donors (Lipinski definition) is 0. The molecule has 0 heterocycles. The molecule has 0 fully saturated rings. The van der Waals surface area contributed by atoms with Gasteiger partial charge in [0.15, 0.2) is 0 Å². The lowest BCUT2D eigenvalue weighted by Gasteiger charge is -2.01. The second-order valence-corrected chi connectivity index (χ2v) is 6.17. The van der Waals surface area contributed by atoms with Crippen molar-refractivity contribution in [3.8, 4) is 0 Å². The van der Waals surface area contributed by atoms with E-state index in [1.807, 2.05) is 0 Å². The Bertz CT molecular complexity index is 398. The van der Waals surface area contributed by atoms with Crippen molar-refractivity contribution in [1.29, 1.82) is 0 Å². The van der Waals surface area contributed by atoms with Gasteiger partial charge < -0.3 is 0 Å². The van der Waals surface area contributed by atoms with Crippen LogP contribution in [0.15, 0.2) is 29.2 Å². The Morgan fingerprint density at radius 1 is 1.07 bits per heavy atom. The molecule has 0 spiro atoms. The molecule has 15 heavy (non-hydrogen) atoms. The van der Waals surface area contributed by atoms with Gasteiger partial charge in [-0.05, 0) is 37.0 Å². The standard InChI is InChI=1S/C10H12Cl2O2S/c11-8-2-1-3-9-4-6-10(7-5-9)15(12,13)14/h4-7H,1-3,8H2. The maximum absolute atomic E-state index is 11.0. The maximum Gasteiger partial charge on any atom is 0.261 e. The van der Waals surface area contributed by atoms with E-state index in [9.17, 15) is 8.42 Å². The molecule has 0 N–H and O–H groups in total. The molecule has 0 saturated heterocycles. The van der Waals surface area contributed by atoms with Gasteiger partial charge in [-0.2, -0.15) is 0 Å². The molecule has 0 aromatic heterocycles. The first kappa shape index (κ1) is 12.8. The molecule has 0 aliphatic heterocycles. The molecule has 2 nitrogen and oxygen atoms in total. The van der Waals surface area contributed by atoms with Crippen molar-refractivity contribution >= 4 is 31.3 Å². The van der Waals surface area contributed by atoms with Crippen molar-refractivity contribution in [1.82, 2.24) is 0 Å². The highest BCUT2D eigenvalue weighted by Gasteiger charge is 2.08. The van der Waals surface area contributed by atoms with Gasteiger partial charge in [-0.15, -0.1) is 11.6 Å². The zero-order chi connectivity index (χ0) is 11.3. The Balaban J connectivity index is 2.65. The molecule has 0 unspecified atom stereocenters. The molecule has 84 valence electrons. The van der Waals surface area contributed by atoms with Crippen molar-refractivity contribution < 1.29 is 8.42 Å². The van der Waals surface area contributed by atoms with Crippen LogP contribution >= 0.6 is 22.3 Å². The predicted molar refractivity (Wildman–Crippen MR) is 63.1 cm³/mol. The SMILES string of the molecule is O=S(=O)(Cl)c1ccc(CCCCCl)cc1. The van der Waals surface area contributed by atoms with Crippen LogP contribution in [-0.4, -0.2) is 14.3 Å². The van der Waals surface area contributed by atoms with Gasteiger partial charge in [0.2, 0.25) is 0 Å². The number of unbranched alkanes of at least 4 members (excludes halogenated alkanes) is 1. The summed E-state index contributed by atoms with van der Waals surface area (Å²) in [6, 6.07) is 6.61. The van der Waals surface area contributed by atoms with E-state index in [4.69, 9.17) is 22.3 Å². The lowest BCUT2D eigenvalue weighted by atomic mass is 10.1. The van der Waals surface area contributed by atoms with Gasteiger partial charge in [-0.25, -0.2) is 8.42 Å². The first-order chi connectivity index (χ1) is 7.04. The summed E-state index contributed by atoms with van der Waals surface area (Å²) in [5.74, 6) is 0.661. The van der Waals surface area contributed by atoms with Crippen LogP contribution in [-0.2, 0) is 15.5 Å². The predicted octanol–water partition coefficient (Wildman–Crippen LogP) is 3.18. The molecule has 1 rings (SSSR count). The smallest absolute Gasteiger partial charge is 0.207 e. The van der Waals surface area contributed by atoms with E-state index in [-0.39, 0.29) is 4.90 Å². The zero-order valence-electron chi connectivity index (χ0n) is 8.12. The van der Waals surface area contributed by atoms with Crippen LogP contribution in [0.3, 0.4) is 0 Å². The molecule has 0 aliphatic carbocycles. The monoisotopic (exact) mass is 266 g/mol. The van der Waals surface area contributed by atoms with Crippen LogP contribution in [0.25, 0.3) is 0 Å². The molecule has 5 heteroatoms. The topological polar surface area (TPSA) is 34.1 Å². The normalized spacial score (nSPS) is 11.6. The minimum atomic E-state index is -3.59. The number of rotatable bonds is 5. The van der Waals surface area contributed by atoms with Crippen LogP contribution in [0.4, 0.5) is 0 Å². The summed E-state index contributed by atoms with van der Waals surface area (Å²) in [5.41, 5.74) is 1.10. The van der Waals surface area contributed by atoms with E-state index in [1.165, 1.54) is 12.1 Å². The van der Waals surface area contributed by atoms with Crippen molar-refractivity contribution in [2.24, 2.45) is 0 Å². The molecule has 0 bridgehead atoms. The maximum atomic E-state index is 11.0. The second-order valence-electron chi connectivity index (χ2n) is 3.23. The summed E-state index contributed by atoms with van der Waals surface area (Å²) < 4.78 is 21.9. The fourth-order valence-electron chi connectivity index (χ4n) is 1.24. The Labute approximate surface area is 99.6 Å². The van der Waals surface area contributed by atoms with Crippen molar-refractivity contribution in [3.05, 3.63) is 29.8 Å². The highest BCUT2D eigenvalue weighted by Crippen LogP contribution is 2.16. The average molecular weight is 267 g/mol. The van der Waals surface area contributed by atoms with Crippen LogP contribution in [0.2, 0.25) is 0 Å². The molecule has 1 aromatic rings. The number of hydrogen-bond acceptors (Lipinski definition) is 2. The third kappa shape index (κ3) is 4.41. The summed E-state index contributed by atoms with van der Waals surface area (Å²) in [5, 5.41) is 0. The summed E-state index contributed by atoms with van der Waals surface area (Å²) in [6.45, 7) is 0. The quantitative estimate of drug-likeness (QED) is 0.466. The molecular weight excluding hydrogens is 255 g/mol. The highest BCUT2D eigenvalue weighted by atomic mass is 35.7. The summed E-state index contributed by atoms with van der Waals surface area (Å²) in [7, 11) is 1.60. The number of aryl methyl sites for hydroxylation is 1. The van der Waals surface area contributed by atoms with E-state index in [1.54, 1.807) is 12.1 Å². The first-order valence-electron chi connectivity index (χ1n) is 4.63. The highest BCUT2D eigenvalue weighted by molar-refractivity contribution is 8.13. The molecule has 1 aromatic carbocycles. The number of halogens is 2. The van der Waals surface area contributed by atoms with Gasteiger partial charge in [0.1, 0.15) is 0 Å². The number of benzene rings is 1. The minimum Gasteiger partial charge on any atom is -0.207 e. The largest absolute Gasteiger partial charge is 0.261 e. The summed E-state index contributed by atoms with van der Waals surface area (Å²) >= 11 is 5.56. The number of alkyl halides is 1. The first-order valence-corrected chi connectivity index (χ1v) is 7.48. The van der Waals surface area contributed by atoms with Crippen molar-refractivity contribution in [2.45, 2.75) is 24.2 Å². The third-order valence-corrected chi connectivity index (χ3v) is 3.69. The lowest BCUT2D eigenvalue weighted by Crippen LogP contribution is -1.92. The van der Waals surface area contributed by atoms with E-state index in [2.05, 4.69) is 0 Å². The molecule has 0 saturated carbocycles. The van der Waals surface area contributed by atoms with E-state index in [0.717, 1.165) is 24.8 Å². The fraction of sp³-hybridized carbons (Fsp3) is 0.400. The van der Waals surface area contributed by atoms with Gasteiger partial charge in [-0.3, -0.25) is 0 Å². The van der Waals surface area contributed by atoms with Crippen LogP contribution < -0.4 is 0 Å². The van der Waals surface area contributed by atoms with E-state index >= 15 is 0 Å². The average Bonchev–Trinajstić information content (AvgIpc) is 2.18. The fourth-order valence-corrected chi connectivity index (χ4v) is 2.20. The third-order valence-electron chi connectivity index (χ3n) is 2.05. The van der Waals surface area contributed by atoms with Gasteiger partial charge in [0, 0.05) is 16.6 Å². The van der Waals surface area contributed by atoms with Crippen LogP contribution in [0, 0.1) is 0 Å². The molecule has 0 atom stereocenters. The Morgan fingerprint density at radius 2 is 1.67 bits per heavy atom. The minimum absolute atomic E-state index is 0.144. The van der Waals surface area contributed by atoms with Crippen LogP contribution in [0.1, 0.15) is 18.4 Å². The van der Waals surface area contributed by atoms with E-state index < -0.39 is 9.05 Å². The van der Waals surface area contributed by atoms with Crippen LogP contribution in [0.5, 0.6) is 0 Å². The second kappa shape index (κ2) is 5.73. The molecule has 0 radical (unpaired) electrons. The molecular formula is C10H12Cl2O2S. The van der Waals surface area contributed by atoms with E-state index in [0.29, 0.717) is 5.88 Å². The van der Waals surface area contributed by atoms with Crippen molar-refractivity contribution in [2.75, 3.05) is 5.88 Å². The Morgan fingerprint density at radius 3 is 2.13 bits per heavy atom. The van der Waals surface area contributed by atoms with Gasteiger partial charge in [0.25, 0.3) is 9.05 Å². The lowest BCUT2D eigenvalue weighted by molar-refractivity contribution is 0.609. The zero-order valence-corrected chi connectivity index (χ0v) is 10.4. The van der Waals surface area contributed by atoms with Gasteiger partial charge in [-0.1, -0.05) is 12.1 Å². The summed E-state index contributed by atoms with van der Waals surface area (Å²) in [6.07, 6.45) is 2.89. The van der Waals surface area contributed by atoms with Crippen molar-refractivity contribution in [3.63, 3.8) is 0 Å². The Hall–Kier alpha value is -0.250.